The van der Waals surface area contributed by atoms with Crippen LogP contribution in [0.5, 0.6) is 0 Å². The summed E-state index contributed by atoms with van der Waals surface area (Å²) in [5.74, 6) is 0. The zero-order chi connectivity index (χ0) is 11.0. The lowest BCUT2D eigenvalue weighted by Crippen LogP contribution is -1.75. The summed E-state index contributed by atoms with van der Waals surface area (Å²) in [6.07, 6.45) is 0. The van der Waals surface area contributed by atoms with E-state index < -0.39 is 0 Å². The van der Waals surface area contributed by atoms with E-state index in [9.17, 15) is 0 Å². The summed E-state index contributed by atoms with van der Waals surface area (Å²) >= 11 is 3.54. The summed E-state index contributed by atoms with van der Waals surface area (Å²) in [4.78, 5) is 6.11. The average Bonchev–Trinajstić information content (AvgIpc) is 2.97. The largest absolute Gasteiger partial charge is 0.353 e. The third-order valence-electron chi connectivity index (χ3n) is 2.57. The maximum Gasteiger partial charge on any atom is 0.0590 e. The first-order valence-corrected chi connectivity index (χ1v) is 6.88. The van der Waals surface area contributed by atoms with Gasteiger partial charge >= 0.3 is 0 Å². The molecule has 0 aliphatic heterocycles. The summed E-state index contributed by atoms with van der Waals surface area (Å²) < 4.78 is 0. The molecule has 3 heterocycles. The minimum Gasteiger partial charge on any atom is -0.353 e. The fraction of sp³-hybridized carbons (Fsp3) is 0.0769. The topological polar surface area (TPSA) is 15.8 Å². The minimum absolute atomic E-state index is 1.22. The number of aromatic nitrogens is 1. The number of rotatable bonds is 2. The van der Waals surface area contributed by atoms with Crippen molar-refractivity contribution in [1.29, 1.82) is 0 Å². The van der Waals surface area contributed by atoms with Crippen molar-refractivity contribution in [3.8, 4) is 21.1 Å². The van der Waals surface area contributed by atoms with Crippen LogP contribution in [0.25, 0.3) is 21.1 Å². The number of H-pyrrole nitrogens is 1. The van der Waals surface area contributed by atoms with Gasteiger partial charge in [0.1, 0.15) is 0 Å². The van der Waals surface area contributed by atoms with Crippen LogP contribution in [-0.2, 0) is 0 Å². The van der Waals surface area contributed by atoms with Crippen molar-refractivity contribution in [2.75, 3.05) is 0 Å². The van der Waals surface area contributed by atoms with Crippen molar-refractivity contribution < 1.29 is 0 Å². The standard InChI is InChI=1S/C13H11NS2/c1-9-8-10(11-4-2-6-15-11)14-13(9)12-5-3-7-16-12/h2-8,14H,1H3. The van der Waals surface area contributed by atoms with Crippen molar-refractivity contribution >= 4 is 22.7 Å². The number of hydrogen-bond acceptors (Lipinski definition) is 2. The van der Waals surface area contributed by atoms with Gasteiger partial charge < -0.3 is 4.98 Å². The van der Waals surface area contributed by atoms with Gasteiger partial charge in [-0.3, -0.25) is 0 Å². The Morgan fingerprint density at radius 1 is 1.00 bits per heavy atom. The zero-order valence-electron chi connectivity index (χ0n) is 8.86. The van der Waals surface area contributed by atoms with E-state index in [1.165, 1.54) is 26.7 Å². The molecule has 0 amide bonds. The third kappa shape index (κ3) is 1.62. The van der Waals surface area contributed by atoms with Crippen LogP contribution in [0.3, 0.4) is 0 Å². The fourth-order valence-corrected chi connectivity index (χ4v) is 3.29. The van der Waals surface area contributed by atoms with Crippen LogP contribution in [0.15, 0.2) is 41.1 Å². The maximum atomic E-state index is 3.51. The minimum atomic E-state index is 1.22. The first kappa shape index (κ1) is 9.87. The molecule has 3 rings (SSSR count). The van der Waals surface area contributed by atoms with Gasteiger partial charge in [0.15, 0.2) is 0 Å². The molecule has 0 atom stereocenters. The Balaban J connectivity index is 2.09. The van der Waals surface area contributed by atoms with Gasteiger partial charge in [0.2, 0.25) is 0 Å². The van der Waals surface area contributed by atoms with Crippen molar-refractivity contribution in [1.82, 2.24) is 4.98 Å². The van der Waals surface area contributed by atoms with Gasteiger partial charge in [0.05, 0.1) is 21.1 Å². The Bertz CT molecular complexity index is 574. The summed E-state index contributed by atoms with van der Waals surface area (Å²) in [6, 6.07) is 10.7. The second-order valence-electron chi connectivity index (χ2n) is 3.70. The summed E-state index contributed by atoms with van der Waals surface area (Å²) in [5, 5.41) is 4.22. The monoisotopic (exact) mass is 245 g/mol. The van der Waals surface area contributed by atoms with Gasteiger partial charge in [-0.15, -0.1) is 22.7 Å². The van der Waals surface area contributed by atoms with Crippen molar-refractivity contribution in [3.63, 3.8) is 0 Å². The maximum absolute atomic E-state index is 3.51. The second kappa shape index (κ2) is 3.92. The first-order chi connectivity index (χ1) is 7.84. The Morgan fingerprint density at radius 2 is 1.69 bits per heavy atom. The number of nitrogens with one attached hydrogen (secondary N) is 1. The zero-order valence-corrected chi connectivity index (χ0v) is 10.5. The van der Waals surface area contributed by atoms with E-state index in [0.717, 1.165) is 0 Å². The molecule has 0 saturated carbocycles. The molecule has 0 aliphatic rings. The molecule has 3 aromatic heterocycles. The second-order valence-corrected chi connectivity index (χ2v) is 5.59. The molecule has 16 heavy (non-hydrogen) atoms. The van der Waals surface area contributed by atoms with E-state index in [1.54, 1.807) is 22.7 Å². The van der Waals surface area contributed by atoms with E-state index in [4.69, 9.17) is 0 Å². The molecular weight excluding hydrogens is 234 g/mol. The molecule has 0 unspecified atom stereocenters. The van der Waals surface area contributed by atoms with Gasteiger partial charge in [-0.1, -0.05) is 12.1 Å². The lowest BCUT2D eigenvalue weighted by Gasteiger charge is -1.94. The quantitative estimate of drug-likeness (QED) is 0.668. The van der Waals surface area contributed by atoms with Crippen molar-refractivity contribution in [2.24, 2.45) is 0 Å². The highest BCUT2D eigenvalue weighted by atomic mass is 32.1. The summed E-state index contributed by atoms with van der Waals surface area (Å²) in [6.45, 7) is 2.16. The molecule has 1 N–H and O–H groups in total. The van der Waals surface area contributed by atoms with Crippen LogP contribution in [0.2, 0.25) is 0 Å². The fourth-order valence-electron chi connectivity index (χ4n) is 1.80. The van der Waals surface area contributed by atoms with E-state index in [2.05, 4.69) is 53.0 Å². The molecule has 0 aliphatic carbocycles. The van der Waals surface area contributed by atoms with Gasteiger partial charge in [0, 0.05) is 0 Å². The molecule has 0 radical (unpaired) electrons. The van der Waals surface area contributed by atoms with Gasteiger partial charge in [-0.2, -0.15) is 0 Å². The molecular formula is C13H11NS2. The van der Waals surface area contributed by atoms with Gasteiger partial charge in [-0.25, -0.2) is 0 Å². The molecule has 1 nitrogen and oxygen atoms in total. The van der Waals surface area contributed by atoms with Gasteiger partial charge in [-0.05, 0) is 41.4 Å². The SMILES string of the molecule is Cc1cc(-c2cccs2)[nH]c1-c1cccs1. The van der Waals surface area contributed by atoms with Crippen molar-refractivity contribution in [2.45, 2.75) is 6.92 Å². The average molecular weight is 245 g/mol. The molecule has 3 aromatic rings. The highest BCUT2D eigenvalue weighted by Crippen LogP contribution is 2.32. The molecule has 3 heteroatoms. The lowest BCUT2D eigenvalue weighted by molar-refractivity contribution is 1.40. The van der Waals surface area contributed by atoms with Gasteiger partial charge in [0.25, 0.3) is 0 Å². The van der Waals surface area contributed by atoms with E-state index in [1.807, 2.05) is 0 Å². The number of thiophene rings is 2. The Labute approximate surface area is 102 Å². The smallest absolute Gasteiger partial charge is 0.0590 e. The first-order valence-electron chi connectivity index (χ1n) is 5.12. The number of aryl methyl sites for hydroxylation is 1. The molecule has 0 spiro atoms. The van der Waals surface area contributed by atoms with E-state index in [0.29, 0.717) is 0 Å². The Hall–Kier alpha value is -1.32. The number of aromatic amines is 1. The Kier molecular flexibility index (Phi) is 2.42. The third-order valence-corrected chi connectivity index (χ3v) is 4.36. The molecule has 0 saturated heterocycles. The highest BCUT2D eigenvalue weighted by Gasteiger charge is 2.09. The molecule has 0 bridgehead atoms. The van der Waals surface area contributed by atoms with E-state index >= 15 is 0 Å². The van der Waals surface area contributed by atoms with Crippen LogP contribution in [0, 0.1) is 6.92 Å². The van der Waals surface area contributed by atoms with Crippen LogP contribution >= 0.6 is 22.7 Å². The van der Waals surface area contributed by atoms with Crippen LogP contribution < -0.4 is 0 Å². The van der Waals surface area contributed by atoms with Crippen LogP contribution in [0.4, 0.5) is 0 Å². The predicted molar refractivity (Wildman–Crippen MR) is 72.2 cm³/mol. The number of hydrogen-bond donors (Lipinski definition) is 1. The normalized spacial score (nSPS) is 10.8. The van der Waals surface area contributed by atoms with E-state index in [-0.39, 0.29) is 0 Å². The molecule has 0 fully saturated rings. The molecule has 0 aromatic carbocycles. The molecule has 80 valence electrons. The summed E-state index contributed by atoms with van der Waals surface area (Å²) in [5.41, 5.74) is 3.78. The predicted octanol–water partition coefficient (Wildman–Crippen LogP) is 4.78. The van der Waals surface area contributed by atoms with Crippen LogP contribution in [0.1, 0.15) is 5.56 Å². The summed E-state index contributed by atoms with van der Waals surface area (Å²) in [7, 11) is 0. The van der Waals surface area contributed by atoms with Crippen LogP contribution in [-0.4, -0.2) is 4.98 Å². The van der Waals surface area contributed by atoms with Crippen molar-refractivity contribution in [3.05, 3.63) is 46.7 Å². The lowest BCUT2D eigenvalue weighted by atomic mass is 10.2. The Morgan fingerprint density at radius 3 is 2.31 bits per heavy atom. The highest BCUT2D eigenvalue weighted by molar-refractivity contribution is 7.14.